The smallest absolute Gasteiger partial charge is 0.262 e. The van der Waals surface area contributed by atoms with Gasteiger partial charge in [0.1, 0.15) is 0 Å². The number of H-pyrrole nitrogens is 1. The number of nitrogens with zero attached hydrogens (tertiary/aromatic N) is 3. The van der Waals surface area contributed by atoms with E-state index in [1.165, 1.54) is 0 Å². The third-order valence-electron chi connectivity index (χ3n) is 3.52. The van der Waals surface area contributed by atoms with Crippen LogP contribution in [0.2, 0.25) is 0 Å². The normalized spacial score (nSPS) is 12.1. The Bertz CT molecular complexity index is 774. The number of hydrogen-bond donors (Lipinski definition) is 1. The Morgan fingerprint density at radius 3 is 2.33 bits per heavy atom. The number of aromatic nitrogens is 4. The maximum Gasteiger partial charge on any atom is 0.262 e. The summed E-state index contributed by atoms with van der Waals surface area (Å²) in [4.78, 5) is 12.9. The predicted molar refractivity (Wildman–Crippen MR) is 87.2 cm³/mol. The molecule has 0 saturated heterocycles. The first-order valence-corrected chi connectivity index (χ1v) is 7.43. The van der Waals surface area contributed by atoms with Crippen molar-refractivity contribution in [3.05, 3.63) is 33.0 Å². The van der Waals surface area contributed by atoms with Gasteiger partial charge in [-0.15, -0.1) is 0 Å². The van der Waals surface area contributed by atoms with Crippen LogP contribution in [0.1, 0.15) is 46.4 Å². The number of pyridine rings is 1. The largest absolute Gasteiger partial charge is 0.309 e. The summed E-state index contributed by atoms with van der Waals surface area (Å²) in [7, 11) is 1.80. The minimum Gasteiger partial charge on any atom is -0.309 e. The second kappa shape index (κ2) is 5.26. The lowest BCUT2D eigenvalue weighted by molar-refractivity contribution is 0.467. The molecule has 2 aromatic rings. The highest BCUT2D eigenvalue weighted by Gasteiger charge is 2.23. The van der Waals surface area contributed by atoms with Crippen LogP contribution in [0.3, 0.4) is 0 Å². The lowest BCUT2D eigenvalue weighted by Gasteiger charge is -2.26. The molecule has 2 aromatic heterocycles. The molecule has 6 heteroatoms. The fourth-order valence-corrected chi connectivity index (χ4v) is 2.57. The van der Waals surface area contributed by atoms with Gasteiger partial charge in [-0.05, 0) is 38.2 Å². The summed E-state index contributed by atoms with van der Waals surface area (Å²) in [5.74, 6) is 0.569. The molecule has 0 aromatic carbocycles. The molecular weight excluding hydrogens is 284 g/mol. The fraction of sp³-hybridized carbons (Fsp3) is 0.533. The maximum absolute atomic E-state index is 12.9. The van der Waals surface area contributed by atoms with Crippen molar-refractivity contribution < 1.29 is 0 Å². The van der Waals surface area contributed by atoms with E-state index >= 15 is 0 Å². The molecule has 0 aliphatic heterocycles. The first-order chi connectivity index (χ1) is 9.64. The molecule has 0 fully saturated rings. The minimum atomic E-state index is -0.0983. The molecule has 21 heavy (non-hydrogen) atoms. The second-order valence-corrected chi connectivity index (χ2v) is 6.95. The highest BCUT2D eigenvalue weighted by Crippen LogP contribution is 2.25. The molecule has 0 aliphatic rings. The summed E-state index contributed by atoms with van der Waals surface area (Å²) < 4.78 is 4.06. The van der Waals surface area contributed by atoms with Crippen LogP contribution in [0.15, 0.2) is 16.9 Å². The van der Waals surface area contributed by atoms with E-state index in [2.05, 4.69) is 31.0 Å². The highest BCUT2D eigenvalue weighted by atomic mass is 32.1. The average molecular weight is 306 g/mol. The minimum absolute atomic E-state index is 0.0328. The summed E-state index contributed by atoms with van der Waals surface area (Å²) in [6.45, 7) is 10.4. The van der Waals surface area contributed by atoms with Gasteiger partial charge in [-0.1, -0.05) is 20.8 Å². The summed E-state index contributed by atoms with van der Waals surface area (Å²) in [6, 6.07) is 3.93. The molecule has 1 N–H and O–H groups in total. The molecule has 0 spiro atoms. The highest BCUT2D eigenvalue weighted by molar-refractivity contribution is 7.71. The molecule has 2 rings (SSSR count). The maximum atomic E-state index is 12.9. The van der Waals surface area contributed by atoms with Gasteiger partial charge in [-0.2, -0.15) is 5.10 Å². The summed E-state index contributed by atoms with van der Waals surface area (Å²) >= 11 is 5.12. The van der Waals surface area contributed by atoms with E-state index in [-0.39, 0.29) is 17.0 Å². The number of nitrogens with one attached hydrogen (secondary N) is 1. The Morgan fingerprint density at radius 1 is 1.29 bits per heavy atom. The van der Waals surface area contributed by atoms with Crippen LogP contribution in [-0.4, -0.2) is 19.3 Å². The number of hydrogen-bond acceptors (Lipinski definition) is 3. The van der Waals surface area contributed by atoms with Gasteiger partial charge in [0.25, 0.3) is 5.56 Å². The Labute approximate surface area is 129 Å². The standard InChI is InChI=1S/C15H22N4OS/c1-9(2)19-11(15(3,4)5)8-7-10(13(19)20)12-16-17-14(21)18(12)6/h7-9H,1-6H3,(H,17,21). The average Bonchev–Trinajstić information content (AvgIpc) is 2.68. The Hall–Kier alpha value is -1.69. The van der Waals surface area contributed by atoms with Crippen LogP contribution in [0, 0.1) is 4.77 Å². The fourth-order valence-electron chi connectivity index (χ4n) is 2.44. The van der Waals surface area contributed by atoms with Crippen LogP contribution < -0.4 is 5.56 Å². The van der Waals surface area contributed by atoms with Crippen LogP contribution in [-0.2, 0) is 12.5 Å². The first kappa shape index (κ1) is 15.7. The number of aromatic amines is 1. The lowest BCUT2D eigenvalue weighted by Crippen LogP contribution is -2.32. The van der Waals surface area contributed by atoms with Crippen LogP contribution in [0.25, 0.3) is 11.4 Å². The van der Waals surface area contributed by atoms with Crippen molar-refractivity contribution in [2.45, 2.75) is 46.1 Å². The van der Waals surface area contributed by atoms with Crippen molar-refractivity contribution in [3.63, 3.8) is 0 Å². The van der Waals surface area contributed by atoms with Crippen molar-refractivity contribution in [1.29, 1.82) is 0 Å². The van der Waals surface area contributed by atoms with Crippen molar-refractivity contribution in [2.24, 2.45) is 7.05 Å². The molecule has 114 valence electrons. The van der Waals surface area contributed by atoms with Crippen LogP contribution in [0.5, 0.6) is 0 Å². The summed E-state index contributed by atoms with van der Waals surface area (Å²) in [5.41, 5.74) is 1.45. The van der Waals surface area contributed by atoms with E-state index in [1.54, 1.807) is 11.6 Å². The third-order valence-corrected chi connectivity index (χ3v) is 3.89. The van der Waals surface area contributed by atoms with Gasteiger partial charge >= 0.3 is 0 Å². The van der Waals surface area contributed by atoms with Gasteiger partial charge in [0, 0.05) is 24.2 Å². The van der Waals surface area contributed by atoms with E-state index in [4.69, 9.17) is 12.2 Å². The van der Waals surface area contributed by atoms with Gasteiger partial charge in [0.05, 0.1) is 5.56 Å². The van der Waals surface area contributed by atoms with Crippen molar-refractivity contribution in [2.75, 3.05) is 0 Å². The Morgan fingerprint density at radius 2 is 1.90 bits per heavy atom. The molecule has 5 nitrogen and oxygen atoms in total. The molecule has 0 radical (unpaired) electrons. The zero-order chi connectivity index (χ0) is 15.9. The van der Waals surface area contributed by atoms with E-state index in [9.17, 15) is 4.79 Å². The zero-order valence-corrected chi connectivity index (χ0v) is 14.2. The second-order valence-electron chi connectivity index (χ2n) is 6.56. The Kier molecular flexibility index (Phi) is 3.93. The summed E-state index contributed by atoms with van der Waals surface area (Å²) in [6.07, 6.45) is 0. The molecule has 2 heterocycles. The van der Waals surface area contributed by atoms with Crippen molar-refractivity contribution >= 4 is 12.2 Å². The summed E-state index contributed by atoms with van der Waals surface area (Å²) in [5, 5.41) is 6.89. The molecule has 0 amide bonds. The van der Waals surface area contributed by atoms with E-state index in [0.717, 1.165) is 5.69 Å². The van der Waals surface area contributed by atoms with Gasteiger partial charge in [-0.3, -0.25) is 9.89 Å². The van der Waals surface area contributed by atoms with Crippen molar-refractivity contribution in [3.8, 4) is 11.4 Å². The van der Waals surface area contributed by atoms with Crippen molar-refractivity contribution in [1.82, 2.24) is 19.3 Å². The molecule has 0 aliphatic carbocycles. The van der Waals surface area contributed by atoms with Gasteiger partial charge in [-0.25, -0.2) is 0 Å². The SMILES string of the molecule is CC(C)n1c(C(C)(C)C)ccc(-c2n[nH]c(=S)n2C)c1=O. The molecule has 0 atom stereocenters. The molecule has 0 bridgehead atoms. The van der Waals surface area contributed by atoms with Crippen LogP contribution >= 0.6 is 12.2 Å². The predicted octanol–water partition coefficient (Wildman–Crippen LogP) is 3.18. The number of rotatable bonds is 2. The third kappa shape index (κ3) is 2.72. The Balaban J connectivity index is 2.79. The molecule has 0 saturated carbocycles. The first-order valence-electron chi connectivity index (χ1n) is 7.02. The monoisotopic (exact) mass is 306 g/mol. The molecular formula is C15H22N4OS. The quantitative estimate of drug-likeness (QED) is 0.867. The van der Waals surface area contributed by atoms with Gasteiger partial charge in [0.2, 0.25) is 0 Å². The van der Waals surface area contributed by atoms with Gasteiger partial charge in [0.15, 0.2) is 10.6 Å². The zero-order valence-electron chi connectivity index (χ0n) is 13.4. The van der Waals surface area contributed by atoms with Gasteiger partial charge < -0.3 is 9.13 Å². The molecule has 0 unspecified atom stereocenters. The topological polar surface area (TPSA) is 55.6 Å². The lowest BCUT2D eigenvalue weighted by atomic mass is 9.90. The van der Waals surface area contributed by atoms with E-state index < -0.39 is 0 Å². The van der Waals surface area contributed by atoms with Crippen LogP contribution in [0.4, 0.5) is 0 Å². The van der Waals surface area contributed by atoms with E-state index in [0.29, 0.717) is 16.2 Å². The van der Waals surface area contributed by atoms with E-state index in [1.807, 2.05) is 30.5 Å².